The van der Waals surface area contributed by atoms with Gasteiger partial charge in [0.25, 0.3) is 11.8 Å². The number of hydrogen-bond donors (Lipinski definition) is 0. The van der Waals surface area contributed by atoms with Gasteiger partial charge in [-0.15, -0.1) is 0 Å². The van der Waals surface area contributed by atoms with E-state index in [0.29, 0.717) is 57.0 Å². The van der Waals surface area contributed by atoms with Crippen molar-refractivity contribution in [2.24, 2.45) is 5.92 Å². The van der Waals surface area contributed by atoms with E-state index in [1.807, 2.05) is 29.2 Å². The Balaban J connectivity index is 1.44. The molecule has 1 saturated heterocycles. The van der Waals surface area contributed by atoms with Crippen LogP contribution in [0.3, 0.4) is 0 Å². The lowest BCUT2D eigenvalue weighted by Crippen LogP contribution is -2.51. The number of fused-ring (bicyclic) bond motifs is 1. The summed E-state index contributed by atoms with van der Waals surface area (Å²) in [7, 11) is 0. The molecule has 2 aromatic rings. The molecule has 1 aromatic carbocycles. The van der Waals surface area contributed by atoms with Crippen LogP contribution < -0.4 is 9.47 Å². The molecule has 0 N–H and O–H groups in total. The van der Waals surface area contributed by atoms with Crippen LogP contribution in [0.25, 0.3) is 0 Å². The Morgan fingerprint density at radius 3 is 2.78 bits per heavy atom. The fourth-order valence-electron chi connectivity index (χ4n) is 4.12. The third-order valence-electron chi connectivity index (χ3n) is 5.61. The number of carbonyl (C=O) groups excluding carboxylic acids is 1. The lowest BCUT2D eigenvalue weighted by Gasteiger charge is -2.35. The molecule has 4 rings (SSSR count). The van der Waals surface area contributed by atoms with Gasteiger partial charge in [-0.2, -0.15) is 0 Å². The Hall–Kier alpha value is -2.64. The lowest BCUT2D eigenvalue weighted by molar-refractivity contribution is -0.151. The number of morpholine rings is 1. The predicted molar refractivity (Wildman–Crippen MR) is 122 cm³/mol. The third-order valence-corrected chi connectivity index (χ3v) is 5.61. The average Bonchev–Trinajstić information content (AvgIpc) is 3.04. The molecule has 172 valence electrons. The molecule has 1 fully saturated rings. The molecular formula is C25H33N3O4. The maximum atomic E-state index is 13.5. The monoisotopic (exact) mass is 439 g/mol. The molecule has 2 aliphatic heterocycles. The zero-order valence-electron chi connectivity index (χ0n) is 19.0. The Bertz CT molecular complexity index is 890. The number of pyridine rings is 1. The summed E-state index contributed by atoms with van der Waals surface area (Å²) in [4.78, 5) is 22.1. The lowest BCUT2D eigenvalue weighted by atomic mass is 10.1. The molecule has 7 nitrogen and oxygen atoms in total. The maximum absolute atomic E-state index is 13.5. The van der Waals surface area contributed by atoms with Crippen molar-refractivity contribution in [3.05, 3.63) is 53.7 Å². The number of benzene rings is 1. The molecule has 1 amide bonds. The highest BCUT2D eigenvalue weighted by molar-refractivity contribution is 5.81. The molecule has 0 radical (unpaired) electrons. The first-order valence-electron chi connectivity index (χ1n) is 11.5. The molecule has 1 aromatic heterocycles. The van der Waals surface area contributed by atoms with Crippen LogP contribution in [0.1, 0.15) is 31.4 Å². The zero-order valence-corrected chi connectivity index (χ0v) is 19.0. The van der Waals surface area contributed by atoms with E-state index < -0.39 is 6.10 Å². The van der Waals surface area contributed by atoms with E-state index in [1.165, 1.54) is 5.56 Å². The van der Waals surface area contributed by atoms with Crippen molar-refractivity contribution in [3.63, 3.8) is 0 Å². The van der Waals surface area contributed by atoms with Gasteiger partial charge in [0.1, 0.15) is 6.10 Å². The van der Waals surface area contributed by atoms with E-state index >= 15 is 0 Å². The van der Waals surface area contributed by atoms with Crippen LogP contribution in [0.5, 0.6) is 11.6 Å². The van der Waals surface area contributed by atoms with E-state index in [2.05, 4.69) is 35.9 Å². The molecule has 2 aliphatic rings. The van der Waals surface area contributed by atoms with Gasteiger partial charge >= 0.3 is 0 Å². The van der Waals surface area contributed by atoms with Crippen LogP contribution in [0.2, 0.25) is 0 Å². The topological polar surface area (TPSA) is 64.1 Å². The Kier molecular flexibility index (Phi) is 7.60. The summed E-state index contributed by atoms with van der Waals surface area (Å²) < 4.78 is 17.3. The highest BCUT2D eigenvalue weighted by atomic mass is 16.5. The summed E-state index contributed by atoms with van der Waals surface area (Å²) in [5.74, 6) is 1.56. The molecule has 0 aliphatic carbocycles. The van der Waals surface area contributed by atoms with Gasteiger partial charge in [-0.05, 0) is 23.1 Å². The largest absolute Gasteiger partial charge is 0.488 e. The van der Waals surface area contributed by atoms with Crippen LogP contribution in [0, 0.1) is 5.92 Å². The molecule has 0 saturated carbocycles. The second-order valence-electron chi connectivity index (χ2n) is 8.89. The minimum Gasteiger partial charge on any atom is -0.488 e. The molecule has 1 atom stereocenters. The first kappa shape index (κ1) is 22.6. The normalized spacial score (nSPS) is 18.9. The quantitative estimate of drug-likeness (QED) is 0.661. The van der Waals surface area contributed by atoms with Crippen LogP contribution in [-0.2, 0) is 22.6 Å². The van der Waals surface area contributed by atoms with Gasteiger partial charge in [-0.3, -0.25) is 9.69 Å². The Morgan fingerprint density at radius 1 is 1.16 bits per heavy atom. The molecule has 1 unspecified atom stereocenters. The van der Waals surface area contributed by atoms with Gasteiger partial charge in [0.05, 0.1) is 19.8 Å². The minimum absolute atomic E-state index is 0.0311. The van der Waals surface area contributed by atoms with Crippen LogP contribution in [0.15, 0.2) is 42.6 Å². The van der Waals surface area contributed by atoms with Gasteiger partial charge in [-0.25, -0.2) is 4.98 Å². The standard InChI is InChI=1S/C25H33N3O4/c1-19(2)15-28(17-21-13-22-24(26-14-21)32-11-6-10-30-22)25(29)23-18-27(9-12-31-23)16-20-7-4-3-5-8-20/h3-5,7-8,13-14,19,23H,6,9-12,15-18H2,1-2H3. The number of carbonyl (C=O) groups is 1. The number of rotatable bonds is 7. The van der Waals surface area contributed by atoms with Crippen molar-refractivity contribution in [1.29, 1.82) is 0 Å². The van der Waals surface area contributed by atoms with Gasteiger partial charge in [0, 0.05) is 45.3 Å². The van der Waals surface area contributed by atoms with E-state index in [0.717, 1.165) is 25.1 Å². The summed E-state index contributed by atoms with van der Waals surface area (Å²) in [5, 5.41) is 0. The SMILES string of the molecule is CC(C)CN(Cc1cnc2c(c1)OCCCO2)C(=O)C1CN(Cc2ccccc2)CCO1. The zero-order chi connectivity index (χ0) is 22.3. The highest BCUT2D eigenvalue weighted by Crippen LogP contribution is 2.28. The van der Waals surface area contributed by atoms with E-state index in [1.54, 1.807) is 6.20 Å². The average molecular weight is 440 g/mol. The second-order valence-corrected chi connectivity index (χ2v) is 8.89. The van der Waals surface area contributed by atoms with Crippen molar-refractivity contribution in [2.45, 2.75) is 39.5 Å². The van der Waals surface area contributed by atoms with Gasteiger partial charge in [0.2, 0.25) is 0 Å². The van der Waals surface area contributed by atoms with Crippen molar-refractivity contribution >= 4 is 5.91 Å². The number of ether oxygens (including phenoxy) is 3. The number of amides is 1. The molecule has 7 heteroatoms. The van der Waals surface area contributed by atoms with Crippen molar-refractivity contribution in [3.8, 4) is 11.6 Å². The fourth-order valence-corrected chi connectivity index (χ4v) is 4.12. The Labute approximate surface area is 190 Å². The fraction of sp³-hybridized carbons (Fsp3) is 0.520. The first-order chi connectivity index (χ1) is 15.6. The van der Waals surface area contributed by atoms with Crippen molar-refractivity contribution in [1.82, 2.24) is 14.8 Å². The van der Waals surface area contributed by atoms with Crippen LogP contribution in [-0.4, -0.2) is 66.2 Å². The second kappa shape index (κ2) is 10.8. The van der Waals surface area contributed by atoms with Gasteiger partial charge in [-0.1, -0.05) is 44.2 Å². The minimum atomic E-state index is -0.459. The molecule has 3 heterocycles. The molecule has 32 heavy (non-hydrogen) atoms. The van der Waals surface area contributed by atoms with E-state index in [9.17, 15) is 4.79 Å². The van der Waals surface area contributed by atoms with Crippen LogP contribution in [0.4, 0.5) is 0 Å². The summed E-state index contributed by atoms with van der Waals surface area (Å²) in [6.45, 7) is 9.40. The molecular weight excluding hydrogens is 406 g/mol. The molecule has 0 spiro atoms. The number of hydrogen-bond acceptors (Lipinski definition) is 6. The summed E-state index contributed by atoms with van der Waals surface area (Å²) in [5.41, 5.74) is 2.18. The van der Waals surface area contributed by atoms with Crippen molar-refractivity contribution in [2.75, 3.05) is 39.5 Å². The van der Waals surface area contributed by atoms with Gasteiger partial charge < -0.3 is 19.1 Å². The summed E-state index contributed by atoms with van der Waals surface area (Å²) in [6, 6.07) is 12.3. The van der Waals surface area contributed by atoms with E-state index in [-0.39, 0.29) is 5.91 Å². The van der Waals surface area contributed by atoms with Crippen LogP contribution >= 0.6 is 0 Å². The van der Waals surface area contributed by atoms with Crippen molar-refractivity contribution < 1.29 is 19.0 Å². The van der Waals surface area contributed by atoms with E-state index in [4.69, 9.17) is 14.2 Å². The number of aromatic nitrogens is 1. The maximum Gasteiger partial charge on any atom is 0.257 e. The molecule has 0 bridgehead atoms. The number of nitrogens with zero attached hydrogens (tertiary/aromatic N) is 3. The van der Waals surface area contributed by atoms with Gasteiger partial charge in [0.15, 0.2) is 5.75 Å². The smallest absolute Gasteiger partial charge is 0.257 e. The third kappa shape index (κ3) is 5.99. The predicted octanol–water partition coefficient (Wildman–Crippen LogP) is 3.13. The highest BCUT2D eigenvalue weighted by Gasteiger charge is 2.31. The Morgan fingerprint density at radius 2 is 1.97 bits per heavy atom. The summed E-state index contributed by atoms with van der Waals surface area (Å²) in [6.07, 6.45) is 2.15. The first-order valence-corrected chi connectivity index (χ1v) is 11.5. The summed E-state index contributed by atoms with van der Waals surface area (Å²) >= 11 is 0.